The minimum Gasteiger partial charge on any atom is -0.480 e. The molecule has 0 aliphatic carbocycles. The largest absolute Gasteiger partial charge is 0.480 e. The van der Waals surface area contributed by atoms with Gasteiger partial charge in [0, 0.05) is 11.9 Å². The number of methoxy groups -OCH3 is 1. The molecule has 1 unspecified atom stereocenters. The van der Waals surface area contributed by atoms with Crippen LogP contribution in [0.4, 0.5) is 0 Å². The minimum absolute atomic E-state index is 0.0487. The van der Waals surface area contributed by atoms with Crippen molar-refractivity contribution in [3.63, 3.8) is 0 Å². The summed E-state index contributed by atoms with van der Waals surface area (Å²) in [5, 5.41) is 4.19. The first-order valence-electron chi connectivity index (χ1n) is 7.98. The van der Waals surface area contributed by atoms with Gasteiger partial charge in [-0.3, -0.25) is 0 Å². The monoisotopic (exact) mass is 358 g/mol. The van der Waals surface area contributed by atoms with E-state index in [1.165, 1.54) is 0 Å². The average molecular weight is 358 g/mol. The van der Waals surface area contributed by atoms with Crippen LogP contribution < -0.4 is 10.1 Å². The van der Waals surface area contributed by atoms with Crippen LogP contribution in [-0.2, 0) is 9.84 Å². The summed E-state index contributed by atoms with van der Waals surface area (Å²) in [5.74, 6) is 1.32. The molecule has 0 spiro atoms. The van der Waals surface area contributed by atoms with E-state index in [0.29, 0.717) is 18.2 Å². The molecule has 1 aliphatic heterocycles. The Labute approximate surface area is 145 Å². The zero-order valence-electron chi connectivity index (χ0n) is 13.7. The Morgan fingerprint density at radius 3 is 2.92 bits per heavy atom. The van der Waals surface area contributed by atoms with Gasteiger partial charge in [0.05, 0.1) is 47.6 Å². The highest BCUT2D eigenvalue weighted by Crippen LogP contribution is 2.31. The second-order valence-electron chi connectivity index (χ2n) is 6.04. The summed E-state index contributed by atoms with van der Waals surface area (Å²) in [6, 6.07) is 9.46. The number of aromatic nitrogens is 3. The summed E-state index contributed by atoms with van der Waals surface area (Å²) in [4.78, 5) is 12.1. The molecule has 0 saturated carbocycles. The molecule has 2 aromatic heterocycles. The van der Waals surface area contributed by atoms with Crippen molar-refractivity contribution in [2.45, 2.75) is 6.04 Å². The molecule has 8 heteroatoms. The highest BCUT2D eigenvalue weighted by Gasteiger charge is 2.27. The van der Waals surface area contributed by atoms with Gasteiger partial charge in [0.1, 0.15) is 5.82 Å². The highest BCUT2D eigenvalue weighted by atomic mass is 32.2. The number of imidazole rings is 1. The number of H-pyrrole nitrogens is 1. The normalized spacial score (nSPS) is 19.8. The van der Waals surface area contributed by atoms with Crippen molar-refractivity contribution >= 4 is 20.7 Å². The van der Waals surface area contributed by atoms with Crippen LogP contribution >= 0.6 is 0 Å². The number of nitrogens with zero attached hydrogens (tertiary/aromatic N) is 2. The molecule has 130 valence electrons. The summed E-state index contributed by atoms with van der Waals surface area (Å²) in [6.45, 7) is 0.434. The van der Waals surface area contributed by atoms with E-state index in [1.807, 2.05) is 30.3 Å². The van der Waals surface area contributed by atoms with Crippen molar-refractivity contribution in [3.05, 3.63) is 42.4 Å². The van der Waals surface area contributed by atoms with E-state index in [4.69, 9.17) is 4.74 Å². The smallest absolute Gasteiger partial charge is 0.223 e. The molecular weight excluding hydrogens is 340 g/mol. The molecule has 0 radical (unpaired) electrons. The molecule has 0 amide bonds. The molecule has 1 aromatic carbocycles. The van der Waals surface area contributed by atoms with Crippen LogP contribution in [0, 0.1) is 0 Å². The van der Waals surface area contributed by atoms with Crippen LogP contribution in [0.5, 0.6) is 5.88 Å². The van der Waals surface area contributed by atoms with Crippen LogP contribution in [0.1, 0.15) is 11.9 Å². The first-order valence-corrected chi connectivity index (χ1v) is 9.81. The lowest BCUT2D eigenvalue weighted by atomic mass is 10.1. The summed E-state index contributed by atoms with van der Waals surface area (Å²) in [5.41, 5.74) is 2.39. The maximum atomic E-state index is 11.8. The summed E-state index contributed by atoms with van der Waals surface area (Å²) in [6.07, 6.45) is 1.69. The first kappa shape index (κ1) is 16.0. The van der Waals surface area contributed by atoms with E-state index in [-0.39, 0.29) is 17.5 Å². The van der Waals surface area contributed by atoms with Gasteiger partial charge in [-0.25, -0.2) is 18.4 Å². The third-order valence-electron chi connectivity index (χ3n) is 4.32. The van der Waals surface area contributed by atoms with Gasteiger partial charge < -0.3 is 15.0 Å². The number of para-hydroxylation sites is 1. The number of aromatic amines is 1. The molecule has 2 N–H and O–H groups in total. The van der Waals surface area contributed by atoms with Gasteiger partial charge in [-0.05, 0) is 12.1 Å². The SMILES string of the molecule is COc1nc2ccccc2cc1-c1cnc(C2CS(=O)(=O)CCN2)[nH]1. The molecule has 1 saturated heterocycles. The van der Waals surface area contributed by atoms with E-state index in [9.17, 15) is 8.42 Å². The summed E-state index contributed by atoms with van der Waals surface area (Å²) >= 11 is 0. The standard InChI is InChI=1S/C17H18N4O3S/c1-24-17-12(8-11-4-2-3-5-13(11)21-17)14-9-19-16(20-14)15-10-25(22,23)7-6-18-15/h2-5,8-9,15,18H,6-7,10H2,1H3,(H,19,20). The molecule has 7 nitrogen and oxygen atoms in total. The second kappa shape index (κ2) is 6.12. The number of nitrogens with one attached hydrogen (secondary N) is 2. The number of sulfone groups is 1. The van der Waals surface area contributed by atoms with Gasteiger partial charge in [0.25, 0.3) is 0 Å². The summed E-state index contributed by atoms with van der Waals surface area (Å²) < 4.78 is 29.1. The van der Waals surface area contributed by atoms with Crippen molar-refractivity contribution in [2.24, 2.45) is 0 Å². The molecule has 0 bridgehead atoms. The molecule has 1 aliphatic rings. The maximum Gasteiger partial charge on any atom is 0.223 e. The van der Waals surface area contributed by atoms with E-state index in [0.717, 1.165) is 22.2 Å². The van der Waals surface area contributed by atoms with Gasteiger partial charge in [-0.15, -0.1) is 0 Å². The lowest BCUT2D eigenvalue weighted by Crippen LogP contribution is -2.39. The van der Waals surface area contributed by atoms with E-state index < -0.39 is 9.84 Å². The minimum atomic E-state index is -3.04. The van der Waals surface area contributed by atoms with Gasteiger partial charge in [0.15, 0.2) is 9.84 Å². The van der Waals surface area contributed by atoms with Crippen LogP contribution in [0.3, 0.4) is 0 Å². The van der Waals surface area contributed by atoms with Crippen molar-refractivity contribution < 1.29 is 13.2 Å². The first-order chi connectivity index (χ1) is 12.1. The van der Waals surface area contributed by atoms with E-state index >= 15 is 0 Å². The molecule has 1 fully saturated rings. The zero-order valence-corrected chi connectivity index (χ0v) is 14.5. The number of benzene rings is 1. The quantitative estimate of drug-likeness (QED) is 0.740. The van der Waals surface area contributed by atoms with Gasteiger partial charge in [-0.2, -0.15) is 0 Å². The van der Waals surface area contributed by atoms with Crippen LogP contribution in [0.2, 0.25) is 0 Å². The predicted octanol–water partition coefficient (Wildman–Crippen LogP) is 1.69. The molecule has 25 heavy (non-hydrogen) atoms. The van der Waals surface area contributed by atoms with Crippen LogP contribution in [0.25, 0.3) is 22.2 Å². The molecule has 3 heterocycles. The number of rotatable bonds is 3. The number of hydrogen-bond donors (Lipinski definition) is 2. The fourth-order valence-corrected chi connectivity index (χ4v) is 4.44. The molecule has 4 rings (SSSR count). The lowest BCUT2D eigenvalue weighted by Gasteiger charge is -2.21. The maximum absolute atomic E-state index is 11.8. The van der Waals surface area contributed by atoms with Crippen molar-refractivity contribution in [2.75, 3.05) is 25.2 Å². The van der Waals surface area contributed by atoms with Gasteiger partial charge in [-0.1, -0.05) is 18.2 Å². The van der Waals surface area contributed by atoms with E-state index in [1.54, 1.807) is 13.3 Å². The second-order valence-corrected chi connectivity index (χ2v) is 8.27. The topological polar surface area (TPSA) is 97.0 Å². The molecular formula is C17H18N4O3S. The van der Waals surface area contributed by atoms with E-state index in [2.05, 4.69) is 20.3 Å². The fourth-order valence-electron chi connectivity index (χ4n) is 3.06. The fraction of sp³-hybridized carbons (Fsp3) is 0.294. The number of ether oxygens (including phenoxy) is 1. The Morgan fingerprint density at radius 2 is 2.12 bits per heavy atom. The van der Waals surface area contributed by atoms with Crippen molar-refractivity contribution in [1.29, 1.82) is 0 Å². The zero-order chi connectivity index (χ0) is 17.4. The third-order valence-corrected chi connectivity index (χ3v) is 5.99. The Kier molecular flexibility index (Phi) is 3.93. The number of pyridine rings is 1. The Bertz CT molecular complexity index is 1030. The van der Waals surface area contributed by atoms with Gasteiger partial charge in [0.2, 0.25) is 5.88 Å². The van der Waals surface area contributed by atoms with Crippen LogP contribution in [-0.4, -0.2) is 48.5 Å². The highest BCUT2D eigenvalue weighted by molar-refractivity contribution is 7.91. The predicted molar refractivity (Wildman–Crippen MR) is 95.3 cm³/mol. The third kappa shape index (κ3) is 3.10. The van der Waals surface area contributed by atoms with Crippen molar-refractivity contribution in [1.82, 2.24) is 20.3 Å². The van der Waals surface area contributed by atoms with Crippen LogP contribution in [0.15, 0.2) is 36.5 Å². The van der Waals surface area contributed by atoms with Gasteiger partial charge >= 0.3 is 0 Å². The lowest BCUT2D eigenvalue weighted by molar-refractivity contribution is 0.401. The van der Waals surface area contributed by atoms with Crippen molar-refractivity contribution in [3.8, 4) is 17.1 Å². The number of fused-ring (bicyclic) bond motifs is 1. The Morgan fingerprint density at radius 1 is 1.28 bits per heavy atom. The number of hydrogen-bond acceptors (Lipinski definition) is 6. The average Bonchev–Trinajstić information content (AvgIpc) is 3.09. The Balaban J connectivity index is 1.73. The molecule has 1 atom stereocenters. The molecule has 3 aromatic rings. The Hall–Kier alpha value is -2.45. The summed E-state index contributed by atoms with van der Waals surface area (Å²) in [7, 11) is -1.46.